The summed E-state index contributed by atoms with van der Waals surface area (Å²) in [6.07, 6.45) is 1.20. The van der Waals surface area contributed by atoms with Gasteiger partial charge in [-0.05, 0) is 42.5 Å². The third-order valence-electron chi connectivity index (χ3n) is 4.50. The van der Waals surface area contributed by atoms with Crippen molar-refractivity contribution in [2.24, 2.45) is 0 Å². The van der Waals surface area contributed by atoms with Crippen molar-refractivity contribution in [1.29, 1.82) is 0 Å². The van der Waals surface area contributed by atoms with Crippen LogP contribution in [-0.4, -0.2) is 56.0 Å². The standard InChI is InChI=1S/C20H16N4O5/c25-8-7-24-17(26)10-16(19(24)27)21-13-4-1-11(2-5-13)18-22-14-6-3-12(20(28)29)9-15(14)23-18/h1-6,9-10,21,25H,7-8H2,(H,22,23)(H,28,29). The summed E-state index contributed by atoms with van der Waals surface area (Å²) in [4.78, 5) is 43.6. The van der Waals surface area contributed by atoms with Crippen LogP contribution in [0.3, 0.4) is 0 Å². The number of carbonyl (C=O) groups is 3. The number of fused-ring (bicyclic) bond motifs is 1. The summed E-state index contributed by atoms with van der Waals surface area (Å²) in [5, 5.41) is 20.9. The molecule has 0 atom stereocenters. The highest BCUT2D eigenvalue weighted by Crippen LogP contribution is 2.24. The first-order valence-electron chi connectivity index (χ1n) is 8.75. The van der Waals surface area contributed by atoms with Gasteiger partial charge < -0.3 is 20.5 Å². The molecule has 9 heteroatoms. The van der Waals surface area contributed by atoms with E-state index < -0.39 is 17.8 Å². The molecular weight excluding hydrogens is 376 g/mol. The van der Waals surface area contributed by atoms with Crippen molar-refractivity contribution in [3.8, 4) is 11.4 Å². The third-order valence-corrected chi connectivity index (χ3v) is 4.50. The number of imide groups is 1. The number of nitrogens with one attached hydrogen (secondary N) is 2. The largest absolute Gasteiger partial charge is 0.478 e. The lowest BCUT2D eigenvalue weighted by atomic mass is 10.2. The average molecular weight is 392 g/mol. The molecule has 2 heterocycles. The number of imidazole rings is 1. The number of aromatic carboxylic acids is 1. The van der Waals surface area contributed by atoms with Crippen LogP contribution >= 0.6 is 0 Å². The molecule has 0 spiro atoms. The highest BCUT2D eigenvalue weighted by atomic mass is 16.4. The summed E-state index contributed by atoms with van der Waals surface area (Å²) in [5.74, 6) is -1.38. The smallest absolute Gasteiger partial charge is 0.335 e. The van der Waals surface area contributed by atoms with Gasteiger partial charge in [0.2, 0.25) is 0 Å². The molecule has 2 amide bonds. The summed E-state index contributed by atoms with van der Waals surface area (Å²) in [7, 11) is 0. The number of benzene rings is 2. The lowest BCUT2D eigenvalue weighted by Crippen LogP contribution is -2.34. The fourth-order valence-corrected chi connectivity index (χ4v) is 3.06. The highest BCUT2D eigenvalue weighted by molar-refractivity contribution is 6.17. The predicted octanol–water partition coefficient (Wildman–Crippen LogP) is 1.58. The number of H-pyrrole nitrogens is 1. The van der Waals surface area contributed by atoms with Gasteiger partial charge in [0.05, 0.1) is 29.7 Å². The van der Waals surface area contributed by atoms with Crippen LogP contribution in [0.5, 0.6) is 0 Å². The second-order valence-corrected chi connectivity index (χ2v) is 6.40. The Labute approximate surface area is 164 Å². The van der Waals surface area contributed by atoms with Crippen LogP contribution in [-0.2, 0) is 9.59 Å². The molecule has 1 aliphatic heterocycles. The van der Waals surface area contributed by atoms with Crippen LogP contribution in [0.4, 0.5) is 5.69 Å². The molecule has 3 aromatic rings. The van der Waals surface area contributed by atoms with Crippen LogP contribution in [0.2, 0.25) is 0 Å². The van der Waals surface area contributed by atoms with E-state index in [0.29, 0.717) is 22.5 Å². The molecule has 1 aromatic heterocycles. The molecule has 1 aliphatic rings. The number of β-amino-alcohol motifs (C(OH)–C–C–N with tert-alkyl or cyclic N) is 1. The summed E-state index contributed by atoms with van der Waals surface area (Å²) < 4.78 is 0. The van der Waals surface area contributed by atoms with E-state index in [-0.39, 0.29) is 24.4 Å². The molecule has 9 nitrogen and oxygen atoms in total. The molecule has 29 heavy (non-hydrogen) atoms. The maximum absolute atomic E-state index is 12.2. The van der Waals surface area contributed by atoms with Crippen molar-refractivity contribution < 1.29 is 24.6 Å². The van der Waals surface area contributed by atoms with Gasteiger partial charge >= 0.3 is 5.97 Å². The van der Waals surface area contributed by atoms with Crippen LogP contribution in [0.25, 0.3) is 22.4 Å². The van der Waals surface area contributed by atoms with Crippen LogP contribution in [0.1, 0.15) is 10.4 Å². The number of amides is 2. The first-order valence-corrected chi connectivity index (χ1v) is 8.75. The van der Waals surface area contributed by atoms with Gasteiger partial charge in [0, 0.05) is 17.3 Å². The minimum atomic E-state index is -1.01. The number of aromatic nitrogens is 2. The molecule has 0 fully saturated rings. The van der Waals surface area contributed by atoms with Gasteiger partial charge in [-0.25, -0.2) is 9.78 Å². The van der Waals surface area contributed by atoms with Crippen LogP contribution < -0.4 is 5.32 Å². The van der Waals surface area contributed by atoms with Crippen molar-refractivity contribution in [2.75, 3.05) is 18.5 Å². The van der Waals surface area contributed by atoms with Gasteiger partial charge in [-0.15, -0.1) is 0 Å². The SMILES string of the molecule is O=C(O)c1ccc2nc(-c3ccc(NC4=CC(=O)N(CCO)C4=O)cc3)[nH]c2c1. The molecule has 0 aliphatic carbocycles. The Balaban J connectivity index is 1.53. The van der Waals surface area contributed by atoms with E-state index >= 15 is 0 Å². The fourth-order valence-electron chi connectivity index (χ4n) is 3.06. The van der Waals surface area contributed by atoms with Crippen molar-refractivity contribution in [1.82, 2.24) is 14.9 Å². The normalized spacial score (nSPS) is 13.8. The second kappa shape index (κ2) is 7.21. The van der Waals surface area contributed by atoms with E-state index in [1.54, 1.807) is 30.3 Å². The van der Waals surface area contributed by atoms with E-state index in [2.05, 4.69) is 15.3 Å². The number of aromatic amines is 1. The quantitative estimate of drug-likeness (QED) is 0.468. The molecule has 146 valence electrons. The molecular formula is C20H16N4O5. The van der Waals surface area contributed by atoms with Gasteiger partial charge in [-0.1, -0.05) is 0 Å². The van der Waals surface area contributed by atoms with E-state index in [9.17, 15) is 14.4 Å². The summed E-state index contributed by atoms with van der Waals surface area (Å²) >= 11 is 0. The van der Waals surface area contributed by atoms with E-state index in [4.69, 9.17) is 10.2 Å². The Morgan fingerprint density at radius 2 is 1.90 bits per heavy atom. The van der Waals surface area contributed by atoms with Crippen molar-refractivity contribution in [2.45, 2.75) is 0 Å². The number of hydrogen-bond donors (Lipinski definition) is 4. The zero-order chi connectivity index (χ0) is 20.5. The Bertz CT molecular complexity index is 1160. The molecule has 4 N–H and O–H groups in total. The molecule has 0 unspecified atom stereocenters. The lowest BCUT2D eigenvalue weighted by molar-refractivity contribution is -0.137. The zero-order valence-electron chi connectivity index (χ0n) is 15.0. The van der Waals surface area contributed by atoms with E-state index in [1.807, 2.05) is 0 Å². The van der Waals surface area contributed by atoms with Gasteiger partial charge in [0.25, 0.3) is 11.8 Å². The molecule has 4 rings (SSSR count). The molecule has 0 saturated carbocycles. The summed E-state index contributed by atoms with van der Waals surface area (Å²) in [6.45, 7) is -0.341. The van der Waals surface area contributed by atoms with Gasteiger partial charge in [-0.3, -0.25) is 14.5 Å². The van der Waals surface area contributed by atoms with Crippen molar-refractivity contribution >= 4 is 34.5 Å². The number of carbonyl (C=O) groups excluding carboxylic acids is 2. The number of rotatable bonds is 6. The lowest BCUT2D eigenvalue weighted by Gasteiger charge is -2.13. The molecule has 0 bridgehead atoms. The first kappa shape index (κ1) is 18.4. The monoisotopic (exact) mass is 392 g/mol. The Kier molecular flexibility index (Phi) is 4.57. The minimum Gasteiger partial charge on any atom is -0.478 e. The Morgan fingerprint density at radius 3 is 2.59 bits per heavy atom. The van der Waals surface area contributed by atoms with E-state index in [0.717, 1.165) is 10.5 Å². The Hall–Kier alpha value is -3.98. The molecule has 0 saturated heterocycles. The van der Waals surface area contributed by atoms with E-state index in [1.165, 1.54) is 18.2 Å². The number of anilines is 1. The van der Waals surface area contributed by atoms with Gasteiger partial charge in [0.15, 0.2) is 0 Å². The Morgan fingerprint density at radius 1 is 1.14 bits per heavy atom. The number of aliphatic hydroxyl groups excluding tert-OH is 1. The van der Waals surface area contributed by atoms with Gasteiger partial charge in [0.1, 0.15) is 11.5 Å². The van der Waals surface area contributed by atoms with Crippen molar-refractivity contribution in [3.63, 3.8) is 0 Å². The zero-order valence-corrected chi connectivity index (χ0v) is 15.0. The molecule has 2 aromatic carbocycles. The molecule has 0 radical (unpaired) electrons. The summed E-state index contributed by atoms with van der Waals surface area (Å²) in [5.41, 5.74) is 2.96. The topological polar surface area (TPSA) is 136 Å². The minimum absolute atomic E-state index is 0.0477. The van der Waals surface area contributed by atoms with Crippen molar-refractivity contribution in [3.05, 3.63) is 59.8 Å². The highest BCUT2D eigenvalue weighted by Gasteiger charge is 2.30. The maximum Gasteiger partial charge on any atom is 0.335 e. The maximum atomic E-state index is 12.2. The summed E-state index contributed by atoms with van der Waals surface area (Å²) in [6, 6.07) is 11.7. The number of nitrogens with zero attached hydrogens (tertiary/aromatic N) is 2. The number of aliphatic hydroxyl groups is 1. The first-order chi connectivity index (χ1) is 14.0. The van der Waals surface area contributed by atoms with Crippen LogP contribution in [0.15, 0.2) is 54.2 Å². The predicted molar refractivity (Wildman–Crippen MR) is 104 cm³/mol. The average Bonchev–Trinajstić information content (AvgIpc) is 3.24. The van der Waals surface area contributed by atoms with Crippen LogP contribution in [0, 0.1) is 0 Å². The number of carboxylic acid groups (broad SMARTS) is 1. The van der Waals surface area contributed by atoms with Gasteiger partial charge in [-0.2, -0.15) is 0 Å². The second-order valence-electron chi connectivity index (χ2n) is 6.40. The number of hydrogen-bond acceptors (Lipinski definition) is 6. The third kappa shape index (κ3) is 3.46. The number of carboxylic acids is 1. The fraction of sp³-hybridized carbons (Fsp3) is 0.100.